The summed E-state index contributed by atoms with van der Waals surface area (Å²) in [5.74, 6) is -0.655. The number of anilines is 2. The average molecular weight is 453 g/mol. The van der Waals surface area contributed by atoms with Gasteiger partial charge in [-0.3, -0.25) is 9.59 Å². The lowest BCUT2D eigenvalue weighted by atomic mass is 9.87. The van der Waals surface area contributed by atoms with E-state index in [0.717, 1.165) is 33.5 Å². The summed E-state index contributed by atoms with van der Waals surface area (Å²) in [6, 6.07) is 19.6. The summed E-state index contributed by atoms with van der Waals surface area (Å²) in [6.45, 7) is 14.5. The number of imide groups is 1. The van der Waals surface area contributed by atoms with Gasteiger partial charge in [0.1, 0.15) is 5.70 Å². The molecule has 34 heavy (non-hydrogen) atoms. The van der Waals surface area contributed by atoms with Crippen molar-refractivity contribution < 1.29 is 9.59 Å². The van der Waals surface area contributed by atoms with Gasteiger partial charge >= 0.3 is 0 Å². The Morgan fingerprint density at radius 1 is 0.706 bits per heavy atom. The number of hydrogen-bond acceptors (Lipinski definition) is 3. The van der Waals surface area contributed by atoms with Crippen molar-refractivity contribution >= 4 is 28.8 Å². The first-order chi connectivity index (χ1) is 16.0. The van der Waals surface area contributed by atoms with E-state index in [4.69, 9.17) is 0 Å². The van der Waals surface area contributed by atoms with E-state index >= 15 is 0 Å². The molecule has 1 N–H and O–H groups in total. The zero-order chi connectivity index (χ0) is 24.8. The summed E-state index contributed by atoms with van der Waals surface area (Å²) < 4.78 is 0. The Morgan fingerprint density at radius 3 is 1.97 bits per heavy atom. The number of benzene rings is 3. The molecule has 0 unspecified atom stereocenters. The number of rotatable bonds is 4. The van der Waals surface area contributed by atoms with Gasteiger partial charge in [0.05, 0.1) is 11.3 Å². The second-order valence-electron chi connectivity index (χ2n) is 10.2. The van der Waals surface area contributed by atoms with Crippen LogP contribution in [0.25, 0.3) is 5.57 Å². The van der Waals surface area contributed by atoms with E-state index in [1.54, 1.807) is 0 Å². The molecule has 1 aliphatic rings. The van der Waals surface area contributed by atoms with E-state index in [0.29, 0.717) is 17.0 Å². The summed E-state index contributed by atoms with van der Waals surface area (Å²) in [5.41, 5.74) is 8.27. The van der Waals surface area contributed by atoms with Gasteiger partial charge in [0.2, 0.25) is 0 Å². The largest absolute Gasteiger partial charge is 0.350 e. The zero-order valence-corrected chi connectivity index (χ0v) is 21.0. The minimum Gasteiger partial charge on any atom is -0.350 e. The van der Waals surface area contributed by atoms with Crippen LogP contribution in [0.15, 0.2) is 66.4 Å². The minimum atomic E-state index is -0.344. The quantitative estimate of drug-likeness (QED) is 0.453. The van der Waals surface area contributed by atoms with Gasteiger partial charge in [-0.05, 0) is 85.2 Å². The molecule has 4 heteroatoms. The maximum absolute atomic E-state index is 13.7. The molecule has 0 fully saturated rings. The highest BCUT2D eigenvalue weighted by Crippen LogP contribution is 2.36. The molecular formula is C30H32N2O2. The second kappa shape index (κ2) is 8.60. The average Bonchev–Trinajstić information content (AvgIpc) is 3.00. The normalized spacial score (nSPS) is 14.3. The molecule has 0 saturated heterocycles. The molecule has 4 nitrogen and oxygen atoms in total. The molecule has 0 atom stereocenters. The van der Waals surface area contributed by atoms with Crippen molar-refractivity contribution in [2.45, 2.75) is 53.9 Å². The van der Waals surface area contributed by atoms with Crippen LogP contribution in [0.1, 0.15) is 54.2 Å². The number of carbonyl (C=O) groups is 2. The Bertz CT molecular complexity index is 1320. The van der Waals surface area contributed by atoms with Gasteiger partial charge in [0.15, 0.2) is 0 Å². The molecule has 0 aliphatic carbocycles. The molecule has 0 bridgehead atoms. The van der Waals surface area contributed by atoms with Crippen molar-refractivity contribution in [3.8, 4) is 0 Å². The van der Waals surface area contributed by atoms with Crippen LogP contribution in [-0.2, 0) is 15.0 Å². The van der Waals surface area contributed by atoms with Gasteiger partial charge in [0.25, 0.3) is 11.8 Å². The van der Waals surface area contributed by atoms with E-state index in [1.165, 1.54) is 10.5 Å². The van der Waals surface area contributed by atoms with Crippen LogP contribution in [-0.4, -0.2) is 11.8 Å². The summed E-state index contributed by atoms with van der Waals surface area (Å²) in [5, 5.41) is 3.28. The van der Waals surface area contributed by atoms with E-state index in [2.05, 4.69) is 38.2 Å². The standard InChI is InChI=1S/C30H32N2O2/c1-18-8-15-25(21(4)16-18)26-27(31-23-12-10-22(11-13-23)30(5,6)7)29(34)32(28(26)33)24-14-9-19(2)20(3)17-24/h8-17,31H,1-7H3. The molecular weight excluding hydrogens is 420 g/mol. The summed E-state index contributed by atoms with van der Waals surface area (Å²) in [4.78, 5) is 28.7. The van der Waals surface area contributed by atoms with E-state index in [9.17, 15) is 9.59 Å². The fraction of sp³-hybridized carbons (Fsp3) is 0.267. The van der Waals surface area contributed by atoms with E-state index in [1.807, 2.05) is 76.2 Å². The first-order valence-electron chi connectivity index (χ1n) is 11.6. The first-order valence-corrected chi connectivity index (χ1v) is 11.6. The highest BCUT2D eigenvalue weighted by atomic mass is 16.2. The lowest BCUT2D eigenvalue weighted by Gasteiger charge is -2.19. The van der Waals surface area contributed by atoms with Crippen LogP contribution in [0, 0.1) is 27.7 Å². The Hall–Kier alpha value is -3.66. The Kier molecular flexibility index (Phi) is 5.94. The maximum Gasteiger partial charge on any atom is 0.282 e. The van der Waals surface area contributed by atoms with Gasteiger partial charge in [-0.15, -0.1) is 0 Å². The Labute approximate surface area is 202 Å². The van der Waals surface area contributed by atoms with Gasteiger partial charge in [-0.25, -0.2) is 4.90 Å². The molecule has 3 aromatic carbocycles. The third-order valence-corrected chi connectivity index (χ3v) is 6.50. The molecule has 1 heterocycles. The van der Waals surface area contributed by atoms with Crippen LogP contribution in [0.5, 0.6) is 0 Å². The van der Waals surface area contributed by atoms with E-state index < -0.39 is 0 Å². The lowest BCUT2D eigenvalue weighted by Crippen LogP contribution is -2.32. The third kappa shape index (κ3) is 4.28. The number of hydrogen-bond donors (Lipinski definition) is 1. The van der Waals surface area contributed by atoms with Crippen molar-refractivity contribution in [3.63, 3.8) is 0 Å². The molecule has 1 aliphatic heterocycles. The summed E-state index contributed by atoms with van der Waals surface area (Å²) >= 11 is 0. The molecule has 4 rings (SSSR count). The van der Waals surface area contributed by atoms with Crippen LogP contribution in [0.2, 0.25) is 0 Å². The summed E-state index contributed by atoms with van der Waals surface area (Å²) in [7, 11) is 0. The van der Waals surface area contributed by atoms with Gasteiger partial charge in [-0.1, -0.05) is 62.7 Å². The van der Waals surface area contributed by atoms with Gasteiger partial charge in [0, 0.05) is 5.69 Å². The highest BCUT2D eigenvalue weighted by Gasteiger charge is 2.40. The van der Waals surface area contributed by atoms with Crippen molar-refractivity contribution in [2.24, 2.45) is 0 Å². The maximum atomic E-state index is 13.7. The third-order valence-electron chi connectivity index (χ3n) is 6.50. The van der Waals surface area contributed by atoms with Crippen LogP contribution < -0.4 is 10.2 Å². The molecule has 3 aromatic rings. The van der Waals surface area contributed by atoms with Gasteiger partial charge < -0.3 is 5.32 Å². The van der Waals surface area contributed by atoms with Crippen LogP contribution in [0.4, 0.5) is 11.4 Å². The second-order valence-corrected chi connectivity index (χ2v) is 10.2. The fourth-order valence-electron chi connectivity index (χ4n) is 4.29. The highest BCUT2D eigenvalue weighted by molar-refractivity contribution is 6.46. The monoisotopic (exact) mass is 452 g/mol. The summed E-state index contributed by atoms with van der Waals surface area (Å²) in [6.07, 6.45) is 0. The fourth-order valence-corrected chi connectivity index (χ4v) is 4.29. The molecule has 174 valence electrons. The predicted octanol–water partition coefficient (Wildman–Crippen LogP) is 6.61. The molecule has 0 aromatic heterocycles. The van der Waals surface area contributed by atoms with Crippen molar-refractivity contribution in [3.05, 3.63) is 99.7 Å². The number of nitrogens with one attached hydrogen (secondary N) is 1. The minimum absolute atomic E-state index is 0.0290. The SMILES string of the molecule is Cc1ccc(C2=C(Nc3ccc(C(C)(C)C)cc3)C(=O)N(c3ccc(C)c(C)c3)C2=O)c(C)c1. The zero-order valence-electron chi connectivity index (χ0n) is 21.0. The van der Waals surface area contributed by atoms with E-state index in [-0.39, 0.29) is 17.2 Å². The number of amides is 2. The van der Waals surface area contributed by atoms with Crippen LogP contribution >= 0.6 is 0 Å². The first kappa shape index (κ1) is 23.5. The van der Waals surface area contributed by atoms with Crippen molar-refractivity contribution in [2.75, 3.05) is 10.2 Å². The number of aryl methyl sites for hydroxylation is 4. The molecule has 0 spiro atoms. The van der Waals surface area contributed by atoms with Crippen molar-refractivity contribution in [1.29, 1.82) is 0 Å². The Morgan fingerprint density at radius 2 is 1.38 bits per heavy atom. The number of nitrogens with zero attached hydrogens (tertiary/aromatic N) is 1. The Balaban J connectivity index is 1.82. The van der Waals surface area contributed by atoms with Gasteiger partial charge in [-0.2, -0.15) is 0 Å². The number of carbonyl (C=O) groups excluding carboxylic acids is 2. The smallest absolute Gasteiger partial charge is 0.282 e. The molecule has 0 saturated carbocycles. The molecule has 2 amide bonds. The van der Waals surface area contributed by atoms with Crippen molar-refractivity contribution in [1.82, 2.24) is 0 Å². The van der Waals surface area contributed by atoms with Crippen LogP contribution in [0.3, 0.4) is 0 Å². The topological polar surface area (TPSA) is 49.4 Å². The lowest BCUT2D eigenvalue weighted by molar-refractivity contribution is -0.120. The predicted molar refractivity (Wildman–Crippen MR) is 140 cm³/mol. The molecule has 0 radical (unpaired) electrons.